The first-order chi connectivity index (χ1) is 6.11. The van der Waals surface area contributed by atoms with Crippen molar-refractivity contribution in [1.82, 2.24) is 0 Å². The van der Waals surface area contributed by atoms with E-state index in [1.165, 1.54) is 12.1 Å². The van der Waals surface area contributed by atoms with Crippen LogP contribution in [0.3, 0.4) is 0 Å². The minimum atomic E-state index is -0.582. The average molecular weight is 183 g/mol. The van der Waals surface area contributed by atoms with Crippen molar-refractivity contribution in [2.45, 2.75) is 19.4 Å². The summed E-state index contributed by atoms with van der Waals surface area (Å²) < 4.78 is 12.9. The number of rotatable bonds is 3. The van der Waals surface area contributed by atoms with Crippen LogP contribution in [0.1, 0.15) is 11.1 Å². The van der Waals surface area contributed by atoms with E-state index in [2.05, 4.69) is 0 Å². The standard InChI is InChI=1S/C10H14FNO/c1-7-2-8(4-9(11)3-7)5-10(13)6-12/h2-4,10,13H,5-6,12H2,1H3. The summed E-state index contributed by atoms with van der Waals surface area (Å²) in [7, 11) is 0. The van der Waals surface area contributed by atoms with Crippen LogP contribution in [0.5, 0.6) is 0 Å². The van der Waals surface area contributed by atoms with Crippen LogP contribution in [0, 0.1) is 12.7 Å². The topological polar surface area (TPSA) is 46.2 Å². The Morgan fingerprint density at radius 2 is 2.15 bits per heavy atom. The molecule has 1 aromatic rings. The van der Waals surface area contributed by atoms with E-state index in [0.717, 1.165) is 11.1 Å². The molecular weight excluding hydrogens is 169 g/mol. The predicted molar refractivity (Wildman–Crippen MR) is 49.9 cm³/mol. The van der Waals surface area contributed by atoms with Gasteiger partial charge in [-0.15, -0.1) is 0 Å². The summed E-state index contributed by atoms with van der Waals surface area (Å²) in [4.78, 5) is 0. The highest BCUT2D eigenvalue weighted by Gasteiger charge is 2.04. The van der Waals surface area contributed by atoms with Gasteiger partial charge in [0.25, 0.3) is 0 Å². The number of aliphatic hydroxyl groups excluding tert-OH is 1. The van der Waals surface area contributed by atoms with Gasteiger partial charge in [-0.25, -0.2) is 4.39 Å². The second-order valence-corrected chi connectivity index (χ2v) is 3.23. The van der Waals surface area contributed by atoms with Crippen molar-refractivity contribution in [1.29, 1.82) is 0 Å². The SMILES string of the molecule is Cc1cc(F)cc(CC(O)CN)c1. The summed E-state index contributed by atoms with van der Waals surface area (Å²) in [6, 6.07) is 4.73. The summed E-state index contributed by atoms with van der Waals surface area (Å²) >= 11 is 0. The Morgan fingerprint density at radius 1 is 1.46 bits per heavy atom. The van der Waals surface area contributed by atoms with Gasteiger partial charge in [-0.3, -0.25) is 0 Å². The van der Waals surface area contributed by atoms with E-state index in [1.807, 2.05) is 13.0 Å². The average Bonchev–Trinajstić information content (AvgIpc) is 2.02. The van der Waals surface area contributed by atoms with Gasteiger partial charge in [-0.2, -0.15) is 0 Å². The quantitative estimate of drug-likeness (QED) is 0.734. The fourth-order valence-electron chi connectivity index (χ4n) is 1.29. The summed E-state index contributed by atoms with van der Waals surface area (Å²) in [5.41, 5.74) is 6.90. The molecule has 0 amide bonds. The Morgan fingerprint density at radius 3 is 2.69 bits per heavy atom. The van der Waals surface area contributed by atoms with Gasteiger partial charge in [0.1, 0.15) is 5.82 Å². The maximum atomic E-state index is 12.9. The van der Waals surface area contributed by atoms with Gasteiger partial charge in [-0.1, -0.05) is 6.07 Å². The molecule has 0 radical (unpaired) electrons. The van der Waals surface area contributed by atoms with Crippen LogP contribution in [0.25, 0.3) is 0 Å². The van der Waals surface area contributed by atoms with E-state index in [9.17, 15) is 9.50 Å². The van der Waals surface area contributed by atoms with Gasteiger partial charge in [0, 0.05) is 6.54 Å². The molecule has 0 aliphatic carbocycles. The zero-order chi connectivity index (χ0) is 9.84. The van der Waals surface area contributed by atoms with Crippen molar-refractivity contribution < 1.29 is 9.50 Å². The molecule has 0 saturated heterocycles. The van der Waals surface area contributed by atoms with E-state index in [-0.39, 0.29) is 12.4 Å². The second-order valence-electron chi connectivity index (χ2n) is 3.23. The minimum Gasteiger partial charge on any atom is -0.391 e. The highest BCUT2D eigenvalue weighted by Crippen LogP contribution is 2.10. The molecule has 0 aromatic heterocycles. The van der Waals surface area contributed by atoms with Crippen LogP contribution in [-0.4, -0.2) is 17.8 Å². The van der Waals surface area contributed by atoms with Gasteiger partial charge < -0.3 is 10.8 Å². The molecule has 0 aliphatic rings. The zero-order valence-corrected chi connectivity index (χ0v) is 7.63. The number of halogens is 1. The highest BCUT2D eigenvalue weighted by atomic mass is 19.1. The lowest BCUT2D eigenvalue weighted by molar-refractivity contribution is 0.183. The molecule has 3 heteroatoms. The highest BCUT2D eigenvalue weighted by molar-refractivity contribution is 5.24. The van der Waals surface area contributed by atoms with Crippen molar-refractivity contribution in [2.24, 2.45) is 5.73 Å². The first-order valence-electron chi connectivity index (χ1n) is 4.26. The fraction of sp³-hybridized carbons (Fsp3) is 0.400. The maximum absolute atomic E-state index is 12.9. The molecule has 0 spiro atoms. The first kappa shape index (κ1) is 10.2. The van der Waals surface area contributed by atoms with Crippen molar-refractivity contribution in [3.8, 4) is 0 Å². The van der Waals surface area contributed by atoms with Gasteiger partial charge in [0.2, 0.25) is 0 Å². The zero-order valence-electron chi connectivity index (χ0n) is 7.63. The molecule has 0 bridgehead atoms. The van der Waals surface area contributed by atoms with E-state index >= 15 is 0 Å². The van der Waals surface area contributed by atoms with Gasteiger partial charge in [0.15, 0.2) is 0 Å². The van der Waals surface area contributed by atoms with E-state index in [0.29, 0.717) is 6.42 Å². The molecule has 0 fully saturated rings. The first-order valence-corrected chi connectivity index (χ1v) is 4.26. The predicted octanol–water partition coefficient (Wildman–Crippen LogP) is 0.996. The third-order valence-electron chi connectivity index (χ3n) is 1.85. The van der Waals surface area contributed by atoms with Crippen molar-refractivity contribution in [2.75, 3.05) is 6.54 Å². The molecule has 1 rings (SSSR count). The summed E-state index contributed by atoms with van der Waals surface area (Å²) in [5, 5.41) is 9.25. The Balaban J connectivity index is 2.77. The molecule has 0 heterocycles. The molecule has 3 N–H and O–H groups in total. The molecule has 2 nitrogen and oxygen atoms in total. The van der Waals surface area contributed by atoms with Gasteiger partial charge in [0.05, 0.1) is 6.10 Å². The number of benzene rings is 1. The molecule has 0 saturated carbocycles. The fourth-order valence-corrected chi connectivity index (χ4v) is 1.29. The van der Waals surface area contributed by atoms with Crippen molar-refractivity contribution in [3.63, 3.8) is 0 Å². The molecule has 1 aromatic carbocycles. The van der Waals surface area contributed by atoms with Crippen molar-refractivity contribution in [3.05, 3.63) is 35.1 Å². The van der Waals surface area contributed by atoms with Gasteiger partial charge >= 0.3 is 0 Å². The van der Waals surface area contributed by atoms with Crippen LogP contribution in [0.15, 0.2) is 18.2 Å². The van der Waals surface area contributed by atoms with Crippen LogP contribution in [0.2, 0.25) is 0 Å². The Labute approximate surface area is 77.2 Å². The summed E-state index contributed by atoms with van der Waals surface area (Å²) in [5.74, 6) is -0.265. The molecule has 1 atom stereocenters. The van der Waals surface area contributed by atoms with Crippen molar-refractivity contribution >= 4 is 0 Å². The van der Waals surface area contributed by atoms with Crippen LogP contribution >= 0.6 is 0 Å². The summed E-state index contributed by atoms with van der Waals surface area (Å²) in [6.07, 6.45) is -0.170. The Hall–Kier alpha value is -0.930. The molecule has 1 unspecified atom stereocenters. The lowest BCUT2D eigenvalue weighted by atomic mass is 10.1. The minimum absolute atomic E-state index is 0.204. The molecular formula is C10H14FNO. The monoisotopic (exact) mass is 183 g/mol. The molecule has 72 valence electrons. The third kappa shape index (κ3) is 3.13. The number of aryl methyl sites for hydroxylation is 1. The Bertz CT molecular complexity index is 268. The largest absolute Gasteiger partial charge is 0.391 e. The summed E-state index contributed by atoms with van der Waals surface area (Å²) in [6.45, 7) is 2.02. The van der Waals surface area contributed by atoms with Crippen LogP contribution in [-0.2, 0) is 6.42 Å². The number of hydrogen-bond donors (Lipinski definition) is 2. The van der Waals surface area contributed by atoms with E-state index in [1.54, 1.807) is 0 Å². The number of aliphatic hydroxyl groups is 1. The molecule has 0 aliphatic heterocycles. The maximum Gasteiger partial charge on any atom is 0.123 e. The lowest BCUT2D eigenvalue weighted by Crippen LogP contribution is -2.22. The Kier molecular flexibility index (Phi) is 3.39. The van der Waals surface area contributed by atoms with Crippen LogP contribution < -0.4 is 5.73 Å². The van der Waals surface area contributed by atoms with E-state index < -0.39 is 6.10 Å². The smallest absolute Gasteiger partial charge is 0.123 e. The number of hydrogen-bond acceptors (Lipinski definition) is 2. The number of nitrogens with two attached hydrogens (primary N) is 1. The van der Waals surface area contributed by atoms with Gasteiger partial charge in [-0.05, 0) is 36.6 Å². The third-order valence-corrected chi connectivity index (χ3v) is 1.85. The lowest BCUT2D eigenvalue weighted by Gasteiger charge is -2.08. The molecule has 13 heavy (non-hydrogen) atoms. The normalized spacial score (nSPS) is 12.9. The second kappa shape index (κ2) is 4.35. The van der Waals surface area contributed by atoms with E-state index in [4.69, 9.17) is 5.73 Å². The van der Waals surface area contributed by atoms with Crippen LogP contribution in [0.4, 0.5) is 4.39 Å².